The largest absolute Gasteiger partial charge is 0.383 e. The van der Waals surface area contributed by atoms with Crippen LogP contribution in [0.15, 0.2) is 22.5 Å². The number of methoxy groups -OCH3 is 1. The van der Waals surface area contributed by atoms with E-state index in [1.165, 1.54) is 4.88 Å². The zero-order valence-corrected chi connectivity index (χ0v) is 18.7. The van der Waals surface area contributed by atoms with Gasteiger partial charge >= 0.3 is 0 Å². The number of rotatable bonds is 7. The molecule has 8 heteroatoms. The Kier molecular flexibility index (Phi) is 10.9. The average Bonchev–Trinajstić information content (AvgIpc) is 3.08. The van der Waals surface area contributed by atoms with Crippen molar-refractivity contribution in [2.24, 2.45) is 4.99 Å². The van der Waals surface area contributed by atoms with Gasteiger partial charge in [-0.15, -0.1) is 35.3 Å². The topological polar surface area (TPSA) is 58.1 Å². The molecule has 2 rings (SSSR count). The summed E-state index contributed by atoms with van der Waals surface area (Å²) in [4.78, 5) is 8.19. The van der Waals surface area contributed by atoms with Gasteiger partial charge in [0.2, 0.25) is 0 Å². The number of halogens is 1. The molecule has 0 aromatic carbocycles. The molecular formula is C17H31IN4O2S. The third-order valence-electron chi connectivity index (χ3n) is 4.07. The zero-order chi connectivity index (χ0) is 17.4. The summed E-state index contributed by atoms with van der Waals surface area (Å²) in [5.41, 5.74) is 0. The van der Waals surface area contributed by atoms with Gasteiger partial charge in [0.1, 0.15) is 0 Å². The first kappa shape index (κ1) is 22.6. The van der Waals surface area contributed by atoms with Gasteiger partial charge in [0.05, 0.1) is 25.4 Å². The number of aliphatic imine (C=N–C) groups is 1. The molecule has 1 aromatic rings. The van der Waals surface area contributed by atoms with E-state index in [4.69, 9.17) is 9.47 Å². The molecule has 1 fully saturated rings. The second-order valence-electron chi connectivity index (χ2n) is 6.16. The number of thiophene rings is 1. The van der Waals surface area contributed by atoms with Crippen molar-refractivity contribution in [3.05, 3.63) is 22.4 Å². The highest BCUT2D eigenvalue weighted by atomic mass is 127. The molecule has 6 nitrogen and oxygen atoms in total. The molecule has 2 heterocycles. The second kappa shape index (κ2) is 12.1. The van der Waals surface area contributed by atoms with Crippen molar-refractivity contribution < 1.29 is 9.47 Å². The van der Waals surface area contributed by atoms with Gasteiger partial charge < -0.3 is 20.1 Å². The number of nitrogens with one attached hydrogen (secondary N) is 2. The van der Waals surface area contributed by atoms with Gasteiger partial charge in [0.15, 0.2) is 5.96 Å². The van der Waals surface area contributed by atoms with Gasteiger partial charge in [-0.25, -0.2) is 0 Å². The number of nitrogens with zero attached hydrogens (tertiary/aromatic N) is 2. The third-order valence-corrected chi connectivity index (χ3v) is 5.04. The molecule has 3 atom stereocenters. The van der Waals surface area contributed by atoms with Gasteiger partial charge in [0.25, 0.3) is 0 Å². The first-order chi connectivity index (χ1) is 11.6. The Bertz CT molecular complexity index is 501. The van der Waals surface area contributed by atoms with Crippen molar-refractivity contribution in [1.82, 2.24) is 15.5 Å². The highest BCUT2D eigenvalue weighted by Gasteiger charge is 2.26. The molecule has 0 saturated carbocycles. The van der Waals surface area contributed by atoms with Gasteiger partial charge in [-0.3, -0.25) is 9.89 Å². The number of hydrogen-bond acceptors (Lipinski definition) is 5. The first-order valence-corrected chi connectivity index (χ1v) is 9.37. The lowest BCUT2D eigenvalue weighted by atomic mass is 10.1. The lowest BCUT2D eigenvalue weighted by Gasteiger charge is -2.37. The van der Waals surface area contributed by atoms with E-state index in [1.807, 2.05) is 0 Å². The molecule has 0 amide bonds. The molecule has 0 aliphatic carbocycles. The Morgan fingerprint density at radius 1 is 1.56 bits per heavy atom. The van der Waals surface area contributed by atoms with Crippen LogP contribution >= 0.6 is 35.3 Å². The van der Waals surface area contributed by atoms with Crippen LogP contribution in [0.4, 0.5) is 0 Å². The Balaban J connectivity index is 0.00000312. The van der Waals surface area contributed by atoms with Crippen LogP contribution < -0.4 is 10.6 Å². The van der Waals surface area contributed by atoms with E-state index in [2.05, 4.69) is 51.9 Å². The summed E-state index contributed by atoms with van der Waals surface area (Å²) >= 11 is 1.80. The number of morpholine rings is 1. The summed E-state index contributed by atoms with van der Waals surface area (Å²) < 4.78 is 10.9. The van der Waals surface area contributed by atoms with E-state index in [0.717, 1.165) is 32.2 Å². The fourth-order valence-electron chi connectivity index (χ4n) is 2.93. The zero-order valence-electron chi connectivity index (χ0n) is 15.5. The Morgan fingerprint density at radius 2 is 2.36 bits per heavy atom. The van der Waals surface area contributed by atoms with Crippen LogP contribution in [0.25, 0.3) is 0 Å². The molecule has 0 radical (unpaired) electrons. The number of guanidine groups is 1. The standard InChI is InChI=1S/C17H30N4O2S.HI/c1-13(12-22-4)20-17(18-3)19-10-15(16-6-5-9-24-16)21-7-8-23-14(2)11-21;/h5-6,9,13-15H,7-8,10-12H2,1-4H3,(H2,18,19,20);1H. The predicted octanol–water partition coefficient (Wildman–Crippen LogP) is 2.33. The molecule has 1 saturated heterocycles. The van der Waals surface area contributed by atoms with Crippen LogP contribution in [0.5, 0.6) is 0 Å². The van der Waals surface area contributed by atoms with Crippen LogP contribution in [0.3, 0.4) is 0 Å². The summed E-state index contributed by atoms with van der Waals surface area (Å²) in [7, 11) is 3.51. The Labute approximate surface area is 172 Å². The quantitative estimate of drug-likeness (QED) is 0.355. The van der Waals surface area contributed by atoms with E-state index < -0.39 is 0 Å². The van der Waals surface area contributed by atoms with Crippen molar-refractivity contribution in [3.8, 4) is 0 Å². The van der Waals surface area contributed by atoms with Gasteiger partial charge in [-0.05, 0) is 25.3 Å². The smallest absolute Gasteiger partial charge is 0.191 e. The predicted molar refractivity (Wildman–Crippen MR) is 115 cm³/mol. The SMILES string of the molecule is CN=C(NCC(c1cccs1)N1CCOC(C)C1)NC(C)COC.I. The van der Waals surface area contributed by atoms with Crippen molar-refractivity contribution >= 4 is 41.3 Å². The van der Waals surface area contributed by atoms with Crippen molar-refractivity contribution in [3.63, 3.8) is 0 Å². The monoisotopic (exact) mass is 482 g/mol. The molecule has 25 heavy (non-hydrogen) atoms. The fourth-order valence-corrected chi connectivity index (χ4v) is 3.79. The minimum Gasteiger partial charge on any atom is -0.383 e. The maximum Gasteiger partial charge on any atom is 0.191 e. The highest BCUT2D eigenvalue weighted by Crippen LogP contribution is 2.26. The number of ether oxygens (including phenoxy) is 2. The lowest BCUT2D eigenvalue weighted by molar-refractivity contribution is -0.0334. The minimum absolute atomic E-state index is 0. The van der Waals surface area contributed by atoms with Crippen molar-refractivity contribution in [2.45, 2.75) is 32.0 Å². The molecular weight excluding hydrogens is 451 g/mol. The van der Waals surface area contributed by atoms with Crippen molar-refractivity contribution in [1.29, 1.82) is 0 Å². The highest BCUT2D eigenvalue weighted by molar-refractivity contribution is 14.0. The average molecular weight is 482 g/mol. The second-order valence-corrected chi connectivity index (χ2v) is 7.14. The lowest BCUT2D eigenvalue weighted by Crippen LogP contribution is -2.49. The fraction of sp³-hybridized carbons (Fsp3) is 0.706. The van der Waals surface area contributed by atoms with E-state index in [1.54, 1.807) is 25.5 Å². The van der Waals surface area contributed by atoms with E-state index in [9.17, 15) is 0 Å². The Morgan fingerprint density at radius 3 is 2.96 bits per heavy atom. The van der Waals surface area contributed by atoms with E-state index in [0.29, 0.717) is 12.6 Å². The molecule has 1 aliphatic rings. The molecule has 2 N–H and O–H groups in total. The van der Waals surface area contributed by atoms with Gasteiger partial charge in [-0.1, -0.05) is 6.07 Å². The van der Waals surface area contributed by atoms with Crippen LogP contribution in [0, 0.1) is 0 Å². The molecule has 0 spiro atoms. The first-order valence-electron chi connectivity index (χ1n) is 8.49. The van der Waals surface area contributed by atoms with Crippen molar-refractivity contribution in [2.75, 3.05) is 47.0 Å². The molecule has 3 unspecified atom stereocenters. The maximum atomic E-state index is 5.69. The summed E-state index contributed by atoms with van der Waals surface area (Å²) in [6.07, 6.45) is 0.278. The summed E-state index contributed by atoms with van der Waals surface area (Å²) in [5, 5.41) is 8.96. The summed E-state index contributed by atoms with van der Waals surface area (Å²) in [6, 6.07) is 4.86. The van der Waals surface area contributed by atoms with Gasteiger partial charge in [-0.2, -0.15) is 0 Å². The molecule has 0 bridgehead atoms. The maximum absolute atomic E-state index is 5.69. The van der Waals surface area contributed by atoms with Crippen LogP contribution in [-0.2, 0) is 9.47 Å². The molecule has 1 aromatic heterocycles. The molecule has 1 aliphatic heterocycles. The van der Waals surface area contributed by atoms with Crippen LogP contribution in [-0.4, -0.2) is 70.0 Å². The van der Waals surface area contributed by atoms with Crippen LogP contribution in [0.1, 0.15) is 24.8 Å². The van der Waals surface area contributed by atoms with Gasteiger partial charge in [0, 0.05) is 44.7 Å². The minimum atomic E-state index is 0. The van der Waals surface area contributed by atoms with E-state index >= 15 is 0 Å². The molecule has 144 valence electrons. The van der Waals surface area contributed by atoms with Crippen LogP contribution in [0.2, 0.25) is 0 Å². The number of hydrogen-bond donors (Lipinski definition) is 2. The van der Waals surface area contributed by atoms with E-state index in [-0.39, 0.29) is 36.1 Å². The Hall–Kier alpha value is -0.420. The third kappa shape index (κ3) is 7.38. The normalized spacial score (nSPS) is 21.3. The summed E-state index contributed by atoms with van der Waals surface area (Å²) in [5.74, 6) is 0.808. The summed E-state index contributed by atoms with van der Waals surface area (Å²) in [6.45, 7) is 8.38.